The molecular weight excluding hydrogens is 200 g/mol. The summed E-state index contributed by atoms with van der Waals surface area (Å²) in [6.45, 7) is 2.49. The van der Waals surface area contributed by atoms with E-state index in [1.807, 2.05) is 37.3 Å². The number of aromatic nitrogens is 1. The van der Waals surface area contributed by atoms with Crippen LogP contribution in [0.1, 0.15) is 12.6 Å². The largest absolute Gasteiger partial charge is 0.383 e. The number of hydrogen-bond donors (Lipinski definition) is 1. The van der Waals surface area contributed by atoms with Crippen molar-refractivity contribution in [3.63, 3.8) is 0 Å². The molecule has 0 saturated carbocycles. The van der Waals surface area contributed by atoms with Gasteiger partial charge < -0.3 is 5.11 Å². The summed E-state index contributed by atoms with van der Waals surface area (Å²) in [6.07, 6.45) is 6.69. The maximum Gasteiger partial charge on any atom is 0.114 e. The maximum absolute atomic E-state index is 9.68. The van der Waals surface area contributed by atoms with Crippen LogP contribution in [0.15, 0.2) is 53.2 Å². The second-order valence-electron chi connectivity index (χ2n) is 3.75. The fourth-order valence-electron chi connectivity index (χ4n) is 1.51. The van der Waals surface area contributed by atoms with Crippen LogP contribution in [-0.4, -0.2) is 21.9 Å². The molecule has 2 rings (SSSR count). The predicted molar refractivity (Wildman–Crippen MR) is 64.3 cm³/mol. The zero-order valence-corrected chi connectivity index (χ0v) is 9.17. The minimum Gasteiger partial charge on any atom is -0.383 e. The lowest BCUT2D eigenvalue weighted by Crippen LogP contribution is -2.18. The second kappa shape index (κ2) is 4.86. The standard InChI is InChI=1S/C13H14N2O/c1-10-5-6-13(16)12(8-10)15-9-11-4-2-3-7-14-11/h2-8,13,16H,9H2,1H3. The highest BCUT2D eigenvalue weighted by Crippen LogP contribution is 2.09. The average molecular weight is 214 g/mol. The third-order valence-corrected chi connectivity index (χ3v) is 2.37. The van der Waals surface area contributed by atoms with Gasteiger partial charge in [0.15, 0.2) is 0 Å². The van der Waals surface area contributed by atoms with Crippen LogP contribution in [0, 0.1) is 0 Å². The van der Waals surface area contributed by atoms with Crippen LogP contribution >= 0.6 is 0 Å². The molecule has 3 heteroatoms. The van der Waals surface area contributed by atoms with Crippen LogP contribution in [0.3, 0.4) is 0 Å². The predicted octanol–water partition coefficient (Wildman–Crippen LogP) is 1.90. The topological polar surface area (TPSA) is 45.5 Å². The van der Waals surface area contributed by atoms with E-state index in [1.165, 1.54) is 0 Å². The lowest BCUT2D eigenvalue weighted by atomic mass is 10.0. The van der Waals surface area contributed by atoms with Crippen LogP contribution in [-0.2, 0) is 6.54 Å². The molecule has 1 heterocycles. The minimum atomic E-state index is -0.590. The lowest BCUT2D eigenvalue weighted by molar-refractivity contribution is 0.288. The van der Waals surface area contributed by atoms with Gasteiger partial charge in [0.2, 0.25) is 0 Å². The van der Waals surface area contributed by atoms with Crippen LogP contribution in [0.4, 0.5) is 0 Å². The van der Waals surface area contributed by atoms with E-state index >= 15 is 0 Å². The molecule has 1 aliphatic carbocycles. The summed E-state index contributed by atoms with van der Waals surface area (Å²) >= 11 is 0. The van der Waals surface area contributed by atoms with Gasteiger partial charge in [-0.2, -0.15) is 0 Å². The smallest absolute Gasteiger partial charge is 0.114 e. The molecule has 0 amide bonds. The van der Waals surface area contributed by atoms with Crippen LogP contribution in [0.25, 0.3) is 0 Å². The number of rotatable bonds is 2. The molecule has 0 aliphatic heterocycles. The first-order valence-corrected chi connectivity index (χ1v) is 5.24. The Morgan fingerprint density at radius 2 is 2.31 bits per heavy atom. The highest BCUT2D eigenvalue weighted by molar-refractivity contribution is 6.01. The molecule has 0 saturated heterocycles. The van der Waals surface area contributed by atoms with Gasteiger partial charge in [0.25, 0.3) is 0 Å². The van der Waals surface area contributed by atoms with E-state index in [2.05, 4.69) is 9.98 Å². The molecule has 1 aromatic rings. The number of nitrogens with zero attached hydrogens (tertiary/aromatic N) is 2. The van der Waals surface area contributed by atoms with Gasteiger partial charge in [-0.05, 0) is 36.8 Å². The van der Waals surface area contributed by atoms with E-state index < -0.39 is 6.10 Å². The van der Waals surface area contributed by atoms with Crippen molar-refractivity contribution in [2.45, 2.75) is 19.6 Å². The Balaban J connectivity index is 2.11. The van der Waals surface area contributed by atoms with Crippen molar-refractivity contribution < 1.29 is 5.11 Å². The van der Waals surface area contributed by atoms with Crippen molar-refractivity contribution in [3.05, 3.63) is 53.9 Å². The van der Waals surface area contributed by atoms with Gasteiger partial charge in [-0.1, -0.05) is 12.1 Å². The highest BCUT2D eigenvalue weighted by atomic mass is 16.3. The molecule has 1 N–H and O–H groups in total. The fourth-order valence-corrected chi connectivity index (χ4v) is 1.51. The van der Waals surface area contributed by atoms with E-state index in [-0.39, 0.29) is 0 Å². The fraction of sp³-hybridized carbons (Fsp3) is 0.231. The van der Waals surface area contributed by atoms with Gasteiger partial charge in [0, 0.05) is 6.20 Å². The normalized spacial score (nSPS) is 22.2. The summed E-state index contributed by atoms with van der Waals surface area (Å²) in [4.78, 5) is 8.54. The van der Waals surface area contributed by atoms with Crippen molar-refractivity contribution in [1.82, 2.24) is 4.98 Å². The molecule has 1 atom stereocenters. The zero-order chi connectivity index (χ0) is 11.4. The van der Waals surface area contributed by atoms with Crippen molar-refractivity contribution >= 4 is 5.71 Å². The number of allylic oxidation sites excluding steroid dienone is 2. The molecule has 0 fully saturated rings. The van der Waals surface area contributed by atoms with Gasteiger partial charge in [-0.25, -0.2) is 0 Å². The zero-order valence-electron chi connectivity index (χ0n) is 9.17. The van der Waals surface area contributed by atoms with E-state index in [0.29, 0.717) is 12.3 Å². The Morgan fingerprint density at radius 3 is 3.06 bits per heavy atom. The molecule has 0 aromatic carbocycles. The summed E-state index contributed by atoms with van der Waals surface area (Å²) in [6, 6.07) is 5.73. The number of aliphatic hydroxyl groups excluding tert-OH is 1. The number of pyridine rings is 1. The van der Waals surface area contributed by atoms with E-state index in [4.69, 9.17) is 0 Å². The quantitative estimate of drug-likeness (QED) is 0.817. The maximum atomic E-state index is 9.68. The van der Waals surface area contributed by atoms with Crippen LogP contribution < -0.4 is 0 Å². The van der Waals surface area contributed by atoms with Gasteiger partial charge in [0.05, 0.1) is 18.0 Å². The highest BCUT2D eigenvalue weighted by Gasteiger charge is 2.10. The molecule has 1 unspecified atom stereocenters. The molecule has 1 aliphatic rings. The SMILES string of the molecule is CC1=CC(=NCc2ccccn2)C(O)C=C1. The molecule has 0 spiro atoms. The van der Waals surface area contributed by atoms with Crippen molar-refractivity contribution in [1.29, 1.82) is 0 Å². The molecule has 3 nitrogen and oxygen atoms in total. The van der Waals surface area contributed by atoms with Crippen molar-refractivity contribution in [2.24, 2.45) is 4.99 Å². The molecule has 0 radical (unpaired) electrons. The molecular formula is C13H14N2O. The Labute approximate surface area is 94.9 Å². The summed E-state index contributed by atoms with van der Waals surface area (Å²) in [5, 5.41) is 9.68. The molecule has 16 heavy (non-hydrogen) atoms. The number of hydrogen-bond acceptors (Lipinski definition) is 3. The summed E-state index contributed by atoms with van der Waals surface area (Å²) in [7, 11) is 0. The van der Waals surface area contributed by atoms with Crippen LogP contribution in [0.2, 0.25) is 0 Å². The third kappa shape index (κ3) is 2.64. The van der Waals surface area contributed by atoms with Gasteiger partial charge >= 0.3 is 0 Å². The van der Waals surface area contributed by atoms with E-state index in [9.17, 15) is 5.11 Å². The first-order valence-electron chi connectivity index (χ1n) is 5.24. The minimum absolute atomic E-state index is 0.505. The van der Waals surface area contributed by atoms with E-state index in [0.717, 1.165) is 11.3 Å². The molecule has 0 bridgehead atoms. The first kappa shape index (κ1) is 10.8. The second-order valence-corrected chi connectivity index (χ2v) is 3.75. The summed E-state index contributed by atoms with van der Waals surface area (Å²) in [5.74, 6) is 0. The number of aliphatic imine (C=N–C) groups is 1. The number of aliphatic hydroxyl groups is 1. The van der Waals surface area contributed by atoms with Crippen LogP contribution in [0.5, 0.6) is 0 Å². The lowest BCUT2D eigenvalue weighted by Gasteiger charge is -2.11. The molecule has 82 valence electrons. The first-order chi connectivity index (χ1) is 7.75. The van der Waals surface area contributed by atoms with E-state index in [1.54, 1.807) is 12.3 Å². The molecule has 1 aromatic heterocycles. The Hall–Kier alpha value is -1.74. The van der Waals surface area contributed by atoms with Gasteiger partial charge in [0.1, 0.15) is 6.10 Å². The summed E-state index contributed by atoms with van der Waals surface area (Å²) < 4.78 is 0. The Bertz CT molecular complexity index is 446. The summed E-state index contributed by atoms with van der Waals surface area (Å²) in [5.41, 5.74) is 2.71. The van der Waals surface area contributed by atoms with Gasteiger partial charge in [-0.15, -0.1) is 0 Å². The average Bonchev–Trinajstić information content (AvgIpc) is 2.32. The monoisotopic (exact) mass is 214 g/mol. The third-order valence-electron chi connectivity index (χ3n) is 2.37. The van der Waals surface area contributed by atoms with Gasteiger partial charge in [-0.3, -0.25) is 9.98 Å². The van der Waals surface area contributed by atoms with Crippen molar-refractivity contribution in [2.75, 3.05) is 0 Å². The van der Waals surface area contributed by atoms with Crippen molar-refractivity contribution in [3.8, 4) is 0 Å². The Morgan fingerprint density at radius 1 is 1.44 bits per heavy atom. The Kier molecular flexibility index (Phi) is 3.27.